The van der Waals surface area contributed by atoms with Gasteiger partial charge >= 0.3 is 0 Å². The second-order valence-electron chi connectivity index (χ2n) is 6.23. The average molecular weight is 337 g/mol. The Balaban J connectivity index is 1.56. The van der Waals surface area contributed by atoms with Crippen molar-refractivity contribution in [3.05, 3.63) is 47.9 Å². The lowest BCUT2D eigenvalue weighted by Gasteiger charge is -2.16. The van der Waals surface area contributed by atoms with E-state index in [1.165, 1.54) is 5.56 Å². The van der Waals surface area contributed by atoms with E-state index in [0.29, 0.717) is 24.7 Å². The third-order valence-corrected chi connectivity index (χ3v) is 4.51. The standard InChI is InChI=1S/C18H19N5O2/c1-3-23-15(8-9-19-23)18-20-17(21-25-18)13-10-16(24)22(11-13)14-6-4-12(2)5-7-14/h4-9,13H,3,10-11H2,1-2H3. The third kappa shape index (κ3) is 2.82. The van der Waals surface area contributed by atoms with Crippen LogP contribution in [-0.4, -0.2) is 32.4 Å². The largest absolute Gasteiger partial charge is 0.332 e. The topological polar surface area (TPSA) is 77.1 Å². The van der Waals surface area contributed by atoms with E-state index in [4.69, 9.17) is 4.52 Å². The minimum Gasteiger partial charge on any atom is -0.332 e. The lowest BCUT2D eigenvalue weighted by Crippen LogP contribution is -2.24. The van der Waals surface area contributed by atoms with Gasteiger partial charge in [0, 0.05) is 37.3 Å². The van der Waals surface area contributed by atoms with E-state index in [-0.39, 0.29) is 11.8 Å². The van der Waals surface area contributed by atoms with Crippen molar-refractivity contribution >= 4 is 11.6 Å². The first-order valence-electron chi connectivity index (χ1n) is 8.38. The minimum absolute atomic E-state index is 0.0655. The van der Waals surface area contributed by atoms with Gasteiger partial charge in [-0.1, -0.05) is 22.9 Å². The molecule has 1 aliphatic rings. The molecule has 1 unspecified atom stereocenters. The molecule has 1 aromatic carbocycles. The molecule has 1 saturated heterocycles. The van der Waals surface area contributed by atoms with Gasteiger partial charge in [0.05, 0.1) is 0 Å². The fourth-order valence-electron chi connectivity index (χ4n) is 3.13. The van der Waals surface area contributed by atoms with Gasteiger partial charge in [-0.25, -0.2) is 0 Å². The normalized spacial score (nSPS) is 17.4. The number of nitrogens with zero attached hydrogens (tertiary/aromatic N) is 5. The monoisotopic (exact) mass is 337 g/mol. The van der Waals surface area contributed by atoms with E-state index in [9.17, 15) is 4.79 Å². The van der Waals surface area contributed by atoms with Crippen molar-refractivity contribution in [2.75, 3.05) is 11.4 Å². The van der Waals surface area contributed by atoms with Crippen molar-refractivity contribution in [3.8, 4) is 11.6 Å². The summed E-state index contributed by atoms with van der Waals surface area (Å²) < 4.78 is 7.21. The van der Waals surface area contributed by atoms with E-state index in [0.717, 1.165) is 17.9 Å². The molecule has 0 aliphatic carbocycles. The number of rotatable bonds is 4. The van der Waals surface area contributed by atoms with Crippen molar-refractivity contribution in [2.45, 2.75) is 32.7 Å². The molecule has 0 spiro atoms. The van der Waals surface area contributed by atoms with E-state index in [1.54, 1.807) is 15.8 Å². The molecule has 3 heterocycles. The molecule has 2 aromatic heterocycles. The van der Waals surface area contributed by atoms with Crippen LogP contribution >= 0.6 is 0 Å². The third-order valence-electron chi connectivity index (χ3n) is 4.51. The highest BCUT2D eigenvalue weighted by Crippen LogP contribution is 2.31. The van der Waals surface area contributed by atoms with Gasteiger partial charge in [0.2, 0.25) is 5.91 Å². The maximum Gasteiger partial charge on any atom is 0.276 e. The van der Waals surface area contributed by atoms with E-state index < -0.39 is 0 Å². The second-order valence-corrected chi connectivity index (χ2v) is 6.23. The van der Waals surface area contributed by atoms with Gasteiger partial charge in [-0.05, 0) is 32.0 Å². The smallest absolute Gasteiger partial charge is 0.276 e. The van der Waals surface area contributed by atoms with Gasteiger partial charge in [0.1, 0.15) is 5.69 Å². The lowest BCUT2D eigenvalue weighted by atomic mass is 10.1. The van der Waals surface area contributed by atoms with Crippen LogP contribution in [0.25, 0.3) is 11.6 Å². The molecule has 1 aliphatic heterocycles. The number of benzene rings is 1. The second kappa shape index (κ2) is 6.16. The molecule has 0 bridgehead atoms. The number of amides is 1. The molecule has 7 nitrogen and oxygen atoms in total. The van der Waals surface area contributed by atoms with Crippen molar-refractivity contribution in [3.63, 3.8) is 0 Å². The number of aryl methyl sites for hydroxylation is 2. The molecular formula is C18H19N5O2. The summed E-state index contributed by atoms with van der Waals surface area (Å²) >= 11 is 0. The summed E-state index contributed by atoms with van der Waals surface area (Å²) in [6, 6.07) is 9.80. The van der Waals surface area contributed by atoms with Gasteiger partial charge in [-0.15, -0.1) is 0 Å². The summed E-state index contributed by atoms with van der Waals surface area (Å²) in [6.07, 6.45) is 2.10. The summed E-state index contributed by atoms with van der Waals surface area (Å²) in [7, 11) is 0. The van der Waals surface area contributed by atoms with Gasteiger partial charge in [0.15, 0.2) is 5.82 Å². The molecule has 7 heteroatoms. The zero-order chi connectivity index (χ0) is 17.4. The van der Waals surface area contributed by atoms with Crippen LogP contribution in [0.4, 0.5) is 5.69 Å². The number of hydrogen-bond donors (Lipinski definition) is 0. The van der Waals surface area contributed by atoms with Gasteiger partial charge < -0.3 is 9.42 Å². The Kier molecular flexibility index (Phi) is 3.83. The summed E-state index contributed by atoms with van der Waals surface area (Å²) in [6.45, 7) is 5.32. The van der Waals surface area contributed by atoms with E-state index >= 15 is 0 Å². The Hall–Kier alpha value is -2.96. The first-order chi connectivity index (χ1) is 12.2. The SMILES string of the molecule is CCn1nccc1-c1nc(C2CC(=O)N(c3ccc(C)cc3)C2)no1. The van der Waals surface area contributed by atoms with Crippen molar-refractivity contribution in [1.82, 2.24) is 19.9 Å². The zero-order valence-electron chi connectivity index (χ0n) is 14.2. The van der Waals surface area contributed by atoms with Gasteiger partial charge in [-0.2, -0.15) is 10.1 Å². The number of hydrogen-bond acceptors (Lipinski definition) is 5. The molecule has 0 N–H and O–H groups in total. The Bertz CT molecular complexity index is 896. The maximum absolute atomic E-state index is 12.4. The molecule has 1 atom stereocenters. The number of anilines is 1. The first kappa shape index (κ1) is 15.6. The Labute approximate surface area is 145 Å². The summed E-state index contributed by atoms with van der Waals surface area (Å²) in [5, 5.41) is 8.32. The van der Waals surface area contributed by atoms with E-state index in [1.807, 2.05) is 44.2 Å². The van der Waals surface area contributed by atoms with Gasteiger partial charge in [0.25, 0.3) is 5.89 Å². The highest BCUT2D eigenvalue weighted by Gasteiger charge is 2.34. The average Bonchev–Trinajstić information content (AvgIpc) is 3.33. The molecule has 0 saturated carbocycles. The molecule has 4 rings (SSSR count). The number of aromatic nitrogens is 4. The predicted molar refractivity (Wildman–Crippen MR) is 92.1 cm³/mol. The molecule has 1 fully saturated rings. The molecular weight excluding hydrogens is 318 g/mol. The van der Waals surface area contributed by atoms with Crippen molar-refractivity contribution in [2.24, 2.45) is 0 Å². The van der Waals surface area contributed by atoms with Crippen LogP contribution in [-0.2, 0) is 11.3 Å². The van der Waals surface area contributed by atoms with Crippen LogP contribution in [0.3, 0.4) is 0 Å². The maximum atomic E-state index is 12.4. The summed E-state index contributed by atoms with van der Waals surface area (Å²) in [5.74, 6) is 1.03. The molecule has 1 amide bonds. The van der Waals surface area contributed by atoms with Gasteiger partial charge in [-0.3, -0.25) is 9.48 Å². The quantitative estimate of drug-likeness (QED) is 0.731. The van der Waals surface area contributed by atoms with E-state index in [2.05, 4.69) is 15.2 Å². The zero-order valence-corrected chi connectivity index (χ0v) is 14.2. The van der Waals surface area contributed by atoms with Crippen LogP contribution in [0, 0.1) is 6.92 Å². The van der Waals surface area contributed by atoms with Crippen molar-refractivity contribution < 1.29 is 9.32 Å². The molecule has 3 aromatic rings. The van der Waals surface area contributed by atoms with Crippen LogP contribution in [0.2, 0.25) is 0 Å². The fraction of sp³-hybridized carbons (Fsp3) is 0.333. The first-order valence-corrected chi connectivity index (χ1v) is 8.38. The number of carbonyl (C=O) groups is 1. The summed E-state index contributed by atoms with van der Waals surface area (Å²) in [4.78, 5) is 18.7. The van der Waals surface area contributed by atoms with Crippen LogP contribution in [0.5, 0.6) is 0 Å². The van der Waals surface area contributed by atoms with Crippen molar-refractivity contribution in [1.29, 1.82) is 0 Å². The number of carbonyl (C=O) groups excluding carboxylic acids is 1. The Morgan fingerprint density at radius 3 is 2.80 bits per heavy atom. The fourth-order valence-corrected chi connectivity index (χ4v) is 3.13. The molecule has 25 heavy (non-hydrogen) atoms. The highest BCUT2D eigenvalue weighted by molar-refractivity contribution is 5.96. The Morgan fingerprint density at radius 2 is 2.04 bits per heavy atom. The van der Waals surface area contributed by atoms with Crippen LogP contribution in [0.1, 0.15) is 30.7 Å². The highest BCUT2D eigenvalue weighted by atomic mass is 16.5. The lowest BCUT2D eigenvalue weighted by molar-refractivity contribution is -0.117. The summed E-state index contributed by atoms with van der Waals surface area (Å²) in [5.41, 5.74) is 2.87. The predicted octanol–water partition coefficient (Wildman–Crippen LogP) is 2.78. The van der Waals surface area contributed by atoms with Crippen LogP contribution < -0.4 is 4.90 Å². The minimum atomic E-state index is -0.0655. The molecule has 0 radical (unpaired) electrons. The van der Waals surface area contributed by atoms with Crippen LogP contribution in [0.15, 0.2) is 41.1 Å². The Morgan fingerprint density at radius 1 is 1.24 bits per heavy atom. The molecule has 128 valence electrons.